The summed E-state index contributed by atoms with van der Waals surface area (Å²) in [7, 11) is 1.71. The molecule has 2 aromatic heterocycles. The van der Waals surface area contributed by atoms with Crippen LogP contribution in [-0.2, 0) is 7.05 Å². The molecule has 1 aromatic carbocycles. The quantitative estimate of drug-likeness (QED) is 0.680. The van der Waals surface area contributed by atoms with Crippen LogP contribution in [0, 0.1) is 17.1 Å². The summed E-state index contributed by atoms with van der Waals surface area (Å²) >= 11 is 0. The average molecular weight is 420 g/mol. The Hall–Kier alpha value is -3.80. The first kappa shape index (κ1) is 20.5. The lowest BCUT2D eigenvalue weighted by molar-refractivity contribution is 0.0880. The maximum Gasteiger partial charge on any atom is 0.269 e. The summed E-state index contributed by atoms with van der Waals surface area (Å²) < 4.78 is 20.5. The molecule has 0 saturated heterocycles. The van der Waals surface area contributed by atoms with Gasteiger partial charge in [0.1, 0.15) is 23.7 Å². The predicted octanol–water partition coefficient (Wildman–Crippen LogP) is 3.01. The second-order valence-corrected chi connectivity index (χ2v) is 7.43. The third-order valence-corrected chi connectivity index (χ3v) is 5.31. The summed E-state index contributed by atoms with van der Waals surface area (Å²) in [5.41, 5.74) is 1.97. The molecule has 158 valence electrons. The fourth-order valence-electron chi connectivity index (χ4n) is 3.67. The number of hydrogen-bond acceptors (Lipinski definition) is 6. The summed E-state index contributed by atoms with van der Waals surface area (Å²) in [6.45, 7) is 0. The Labute approximate surface area is 178 Å². The Morgan fingerprint density at radius 1 is 1.19 bits per heavy atom. The lowest BCUT2D eigenvalue weighted by Crippen LogP contribution is -2.40. The van der Waals surface area contributed by atoms with Gasteiger partial charge in [-0.1, -0.05) is 0 Å². The summed E-state index contributed by atoms with van der Waals surface area (Å²) in [4.78, 5) is 20.8. The van der Waals surface area contributed by atoms with Gasteiger partial charge in [-0.3, -0.25) is 9.48 Å². The standard InChI is InChI=1S/C22H21FN6O2/c1-29-20(12-18(28-29)14-2-4-15(23)5-3-14)21(30)27-16-6-8-17(9-7-16)31-22-19(13-24)25-10-11-26-22/h2-5,10-12,16-17H,6-9H2,1H3,(H,27,30). The molecule has 0 aliphatic heterocycles. The van der Waals surface area contributed by atoms with Crippen LogP contribution < -0.4 is 10.1 Å². The number of aromatic nitrogens is 4. The number of ether oxygens (including phenoxy) is 1. The van der Waals surface area contributed by atoms with Crippen LogP contribution in [0.3, 0.4) is 0 Å². The minimum Gasteiger partial charge on any atom is -0.472 e. The molecule has 3 aromatic rings. The van der Waals surface area contributed by atoms with Gasteiger partial charge in [-0.25, -0.2) is 14.4 Å². The SMILES string of the molecule is Cn1nc(-c2ccc(F)cc2)cc1C(=O)NC1CCC(Oc2nccnc2C#N)CC1. The van der Waals surface area contributed by atoms with Crippen LogP contribution in [0.5, 0.6) is 5.88 Å². The van der Waals surface area contributed by atoms with Gasteiger partial charge in [0.2, 0.25) is 5.69 Å². The van der Waals surface area contributed by atoms with Crippen molar-refractivity contribution in [3.8, 4) is 23.2 Å². The van der Waals surface area contributed by atoms with E-state index in [1.807, 2.05) is 6.07 Å². The number of nitrogens with zero attached hydrogens (tertiary/aromatic N) is 5. The number of rotatable bonds is 5. The number of carbonyl (C=O) groups excluding carboxylic acids is 1. The van der Waals surface area contributed by atoms with Crippen molar-refractivity contribution in [1.29, 1.82) is 5.26 Å². The fraction of sp³-hybridized carbons (Fsp3) is 0.318. The van der Waals surface area contributed by atoms with Crippen LogP contribution >= 0.6 is 0 Å². The Morgan fingerprint density at radius 3 is 2.61 bits per heavy atom. The van der Waals surface area contributed by atoms with E-state index in [9.17, 15) is 9.18 Å². The minimum atomic E-state index is -0.319. The molecule has 0 spiro atoms. The Bertz CT molecular complexity index is 1110. The molecular weight excluding hydrogens is 399 g/mol. The highest BCUT2D eigenvalue weighted by atomic mass is 19.1. The molecule has 9 heteroatoms. The average Bonchev–Trinajstić information content (AvgIpc) is 3.17. The monoisotopic (exact) mass is 420 g/mol. The van der Waals surface area contributed by atoms with Crippen LogP contribution in [0.4, 0.5) is 4.39 Å². The number of nitriles is 1. The van der Waals surface area contributed by atoms with E-state index in [1.54, 1.807) is 25.2 Å². The molecule has 0 radical (unpaired) electrons. The van der Waals surface area contributed by atoms with Gasteiger partial charge in [0, 0.05) is 31.0 Å². The molecule has 1 saturated carbocycles. The van der Waals surface area contributed by atoms with Gasteiger partial charge in [-0.15, -0.1) is 0 Å². The molecule has 0 unspecified atom stereocenters. The van der Waals surface area contributed by atoms with Crippen molar-refractivity contribution in [2.75, 3.05) is 0 Å². The molecule has 1 aliphatic carbocycles. The largest absolute Gasteiger partial charge is 0.472 e. The lowest BCUT2D eigenvalue weighted by Gasteiger charge is -2.29. The third kappa shape index (κ3) is 4.69. The maximum absolute atomic E-state index is 13.1. The number of carbonyl (C=O) groups is 1. The van der Waals surface area contributed by atoms with E-state index in [2.05, 4.69) is 20.4 Å². The first-order chi connectivity index (χ1) is 15.0. The Kier molecular flexibility index (Phi) is 5.89. The van der Waals surface area contributed by atoms with E-state index < -0.39 is 0 Å². The van der Waals surface area contributed by atoms with Crippen molar-refractivity contribution in [2.24, 2.45) is 7.05 Å². The van der Waals surface area contributed by atoms with Gasteiger partial charge in [0.05, 0.1) is 5.69 Å². The Balaban J connectivity index is 1.34. The number of nitrogens with one attached hydrogen (secondary N) is 1. The fourth-order valence-corrected chi connectivity index (χ4v) is 3.67. The second kappa shape index (κ2) is 8.92. The zero-order chi connectivity index (χ0) is 21.8. The number of amides is 1. The van der Waals surface area contributed by atoms with Crippen molar-refractivity contribution in [2.45, 2.75) is 37.8 Å². The van der Waals surface area contributed by atoms with Gasteiger partial charge >= 0.3 is 0 Å². The summed E-state index contributed by atoms with van der Waals surface area (Å²) in [6.07, 6.45) is 5.85. The van der Waals surface area contributed by atoms with Crippen molar-refractivity contribution < 1.29 is 13.9 Å². The first-order valence-electron chi connectivity index (χ1n) is 10.0. The van der Waals surface area contributed by atoms with Crippen LogP contribution in [0.25, 0.3) is 11.3 Å². The number of benzene rings is 1. The normalized spacial score (nSPS) is 18.2. The zero-order valence-corrected chi connectivity index (χ0v) is 17.0. The van der Waals surface area contributed by atoms with Gasteiger partial charge < -0.3 is 10.1 Å². The van der Waals surface area contributed by atoms with Crippen LogP contribution in [0.15, 0.2) is 42.7 Å². The van der Waals surface area contributed by atoms with Crippen LogP contribution in [-0.4, -0.2) is 37.8 Å². The van der Waals surface area contributed by atoms with Crippen molar-refractivity contribution >= 4 is 5.91 Å². The highest BCUT2D eigenvalue weighted by Crippen LogP contribution is 2.25. The van der Waals surface area contributed by atoms with E-state index in [0.717, 1.165) is 31.2 Å². The molecule has 8 nitrogen and oxygen atoms in total. The Morgan fingerprint density at radius 2 is 1.90 bits per heavy atom. The van der Waals surface area contributed by atoms with E-state index >= 15 is 0 Å². The van der Waals surface area contributed by atoms with Gasteiger partial charge in [0.25, 0.3) is 11.8 Å². The predicted molar refractivity (Wildman–Crippen MR) is 109 cm³/mol. The van der Waals surface area contributed by atoms with Crippen LogP contribution in [0.2, 0.25) is 0 Å². The molecule has 0 bridgehead atoms. The highest BCUT2D eigenvalue weighted by molar-refractivity contribution is 5.93. The van der Waals surface area contributed by atoms with E-state index in [1.165, 1.54) is 29.2 Å². The molecule has 31 heavy (non-hydrogen) atoms. The molecule has 1 amide bonds. The molecule has 0 atom stereocenters. The molecule has 1 N–H and O–H groups in total. The minimum absolute atomic E-state index is 0.0221. The first-order valence-corrected chi connectivity index (χ1v) is 10.0. The number of aryl methyl sites for hydroxylation is 1. The van der Waals surface area contributed by atoms with Crippen LogP contribution in [0.1, 0.15) is 41.9 Å². The second-order valence-electron chi connectivity index (χ2n) is 7.43. The van der Waals surface area contributed by atoms with E-state index in [4.69, 9.17) is 10.00 Å². The summed E-state index contributed by atoms with van der Waals surface area (Å²) in [5.74, 6) is -0.269. The van der Waals surface area contributed by atoms with Gasteiger partial charge in [0.15, 0.2) is 0 Å². The summed E-state index contributed by atoms with van der Waals surface area (Å²) in [6, 6.07) is 9.70. The van der Waals surface area contributed by atoms with Crippen molar-refractivity contribution in [1.82, 2.24) is 25.1 Å². The number of hydrogen-bond donors (Lipinski definition) is 1. The van der Waals surface area contributed by atoms with Gasteiger partial charge in [-0.2, -0.15) is 10.4 Å². The van der Waals surface area contributed by atoms with Gasteiger partial charge in [-0.05, 0) is 56.0 Å². The van der Waals surface area contributed by atoms with E-state index in [-0.39, 0.29) is 35.4 Å². The van der Waals surface area contributed by atoms with Crippen molar-refractivity contribution in [3.05, 3.63) is 59.9 Å². The topological polar surface area (TPSA) is 106 Å². The smallest absolute Gasteiger partial charge is 0.269 e. The maximum atomic E-state index is 13.1. The van der Waals surface area contributed by atoms with Crippen molar-refractivity contribution in [3.63, 3.8) is 0 Å². The molecule has 2 heterocycles. The zero-order valence-electron chi connectivity index (χ0n) is 17.0. The highest BCUT2D eigenvalue weighted by Gasteiger charge is 2.26. The molecular formula is C22H21FN6O2. The number of halogens is 1. The molecule has 1 fully saturated rings. The van der Waals surface area contributed by atoms with E-state index in [0.29, 0.717) is 11.4 Å². The molecule has 1 aliphatic rings. The summed E-state index contributed by atoms with van der Waals surface area (Å²) in [5, 5.41) is 16.5. The lowest BCUT2D eigenvalue weighted by atomic mass is 9.93. The molecule has 4 rings (SSSR count). The third-order valence-electron chi connectivity index (χ3n) is 5.31.